The Kier molecular flexibility index (Phi) is 9.73. The van der Waals surface area contributed by atoms with Crippen LogP contribution in [0.25, 0.3) is 0 Å². The van der Waals surface area contributed by atoms with Crippen molar-refractivity contribution in [3.8, 4) is 0 Å². The maximum absolute atomic E-state index is 3.05. The van der Waals surface area contributed by atoms with Crippen LogP contribution in [0.3, 0.4) is 0 Å². The highest BCUT2D eigenvalue weighted by molar-refractivity contribution is 8.25. The lowest BCUT2D eigenvalue weighted by atomic mass is 9.83. The Morgan fingerprint density at radius 3 is 0.906 bits per heavy atom. The topological polar surface area (TPSA) is 13.0 Å². The van der Waals surface area contributed by atoms with E-state index in [2.05, 4.69) is 102 Å². The summed E-state index contributed by atoms with van der Waals surface area (Å²) < 4.78 is 11.8. The van der Waals surface area contributed by atoms with Crippen LogP contribution >= 0.6 is 15.8 Å². The molecule has 2 heterocycles. The highest BCUT2D eigenvalue weighted by Gasteiger charge is 2.56. The number of nitrogens with zero attached hydrogens (tertiary/aromatic N) is 4. The van der Waals surface area contributed by atoms with E-state index in [1.165, 1.54) is 38.5 Å². The lowest BCUT2D eigenvalue weighted by Gasteiger charge is -2.65. The van der Waals surface area contributed by atoms with Gasteiger partial charge in [0.25, 0.3) is 0 Å². The third-order valence-electron chi connectivity index (χ3n) is 7.93. The smallest absolute Gasteiger partial charge is 0.0985 e. The van der Waals surface area contributed by atoms with Crippen LogP contribution in [0, 0.1) is 0 Å². The van der Waals surface area contributed by atoms with Crippen molar-refractivity contribution in [2.24, 2.45) is 0 Å². The molecule has 2 aliphatic heterocycles. The molecule has 0 amide bonds. The lowest BCUT2D eigenvalue weighted by Crippen LogP contribution is -2.60. The first-order valence-electron chi connectivity index (χ1n) is 13.4. The predicted molar refractivity (Wildman–Crippen MR) is 147 cm³/mol. The average Bonchev–Trinajstić information content (AvgIpc) is 2.65. The van der Waals surface area contributed by atoms with Crippen LogP contribution in [0.5, 0.6) is 0 Å². The maximum atomic E-state index is 3.05. The van der Waals surface area contributed by atoms with Crippen LogP contribution in [0.15, 0.2) is 0 Å². The normalized spacial score (nSPS) is 27.6. The minimum Gasteiger partial charge on any atom is -0.265 e. The van der Waals surface area contributed by atoms with Crippen molar-refractivity contribution in [1.82, 2.24) is 18.7 Å². The Balaban J connectivity index is 2.79. The van der Waals surface area contributed by atoms with Gasteiger partial charge in [0.15, 0.2) is 0 Å². The van der Waals surface area contributed by atoms with E-state index in [4.69, 9.17) is 0 Å². The van der Waals surface area contributed by atoms with Gasteiger partial charge in [-0.3, -0.25) is 18.7 Å². The number of hydrogen-bond acceptors (Lipinski definition) is 4. The second-order valence-corrected chi connectivity index (χ2v) is 17.5. The number of piperidine rings is 2. The quantitative estimate of drug-likeness (QED) is 0.304. The van der Waals surface area contributed by atoms with Gasteiger partial charge in [-0.05, 0) is 93.9 Å². The van der Waals surface area contributed by atoms with Crippen molar-refractivity contribution in [2.75, 3.05) is 26.2 Å². The molecule has 190 valence electrons. The van der Waals surface area contributed by atoms with Gasteiger partial charge in [-0.2, -0.15) is 0 Å². The zero-order valence-corrected chi connectivity index (χ0v) is 25.5. The van der Waals surface area contributed by atoms with E-state index < -0.39 is 15.8 Å². The van der Waals surface area contributed by atoms with Crippen LogP contribution in [0.2, 0.25) is 0 Å². The van der Waals surface area contributed by atoms with Gasteiger partial charge in [0, 0.05) is 48.3 Å². The predicted octanol–water partition coefficient (Wildman–Crippen LogP) is 8.30. The molecule has 32 heavy (non-hydrogen) atoms. The summed E-state index contributed by atoms with van der Waals surface area (Å²) in [5, 5.41) is 0. The Morgan fingerprint density at radius 1 is 0.500 bits per heavy atom. The van der Waals surface area contributed by atoms with Gasteiger partial charge in [-0.15, -0.1) is 0 Å². The van der Waals surface area contributed by atoms with Crippen molar-refractivity contribution in [3.05, 3.63) is 0 Å². The molecule has 2 atom stereocenters. The third kappa shape index (κ3) is 5.74. The lowest BCUT2D eigenvalue weighted by molar-refractivity contribution is 0.0474. The van der Waals surface area contributed by atoms with E-state index in [-0.39, 0.29) is 22.2 Å². The zero-order chi connectivity index (χ0) is 24.5. The maximum Gasteiger partial charge on any atom is 0.0985 e. The second-order valence-electron chi connectivity index (χ2n) is 12.4. The molecule has 2 fully saturated rings. The first-order chi connectivity index (χ1) is 14.7. The zero-order valence-electron chi connectivity index (χ0n) is 23.8. The minimum absolute atomic E-state index is 0.230. The summed E-state index contributed by atoms with van der Waals surface area (Å²) in [6.07, 6.45) is 7.94. The van der Waals surface area contributed by atoms with E-state index in [0.717, 1.165) is 26.2 Å². The summed E-state index contributed by atoms with van der Waals surface area (Å²) in [5.74, 6) is 0. The first kappa shape index (κ1) is 28.9. The third-order valence-corrected chi connectivity index (χ3v) is 16.8. The van der Waals surface area contributed by atoms with Gasteiger partial charge in [0.05, 0.1) is 15.8 Å². The van der Waals surface area contributed by atoms with Crippen molar-refractivity contribution in [3.63, 3.8) is 0 Å². The second kappa shape index (κ2) is 10.8. The average molecular weight is 487 g/mol. The van der Waals surface area contributed by atoms with E-state index in [0.29, 0.717) is 0 Å². The molecule has 4 nitrogen and oxygen atoms in total. The fraction of sp³-hybridized carbons (Fsp3) is 1.00. The van der Waals surface area contributed by atoms with Gasteiger partial charge in [-0.25, -0.2) is 0 Å². The molecule has 0 spiro atoms. The molecule has 0 aromatic carbocycles. The van der Waals surface area contributed by atoms with Crippen LogP contribution in [-0.2, 0) is 0 Å². The molecular formula is C26H56N4P2. The van der Waals surface area contributed by atoms with Crippen LogP contribution in [0.1, 0.15) is 122 Å². The van der Waals surface area contributed by atoms with Gasteiger partial charge >= 0.3 is 0 Å². The fourth-order valence-electron chi connectivity index (χ4n) is 6.53. The van der Waals surface area contributed by atoms with E-state index >= 15 is 0 Å². The SMILES string of the molecule is CCN(CC)[P@](N1C(C)(C)CCCC1(C)C)[P@@](N(CC)CC)N1C(C)(C)CCCC1(C)C. The van der Waals surface area contributed by atoms with Crippen molar-refractivity contribution < 1.29 is 0 Å². The minimum atomic E-state index is -0.489. The van der Waals surface area contributed by atoms with Gasteiger partial charge in [0.2, 0.25) is 0 Å². The van der Waals surface area contributed by atoms with Gasteiger partial charge < -0.3 is 0 Å². The highest BCUT2D eigenvalue weighted by atomic mass is 32.1. The first-order valence-corrected chi connectivity index (χ1v) is 16.6. The number of rotatable bonds is 9. The molecule has 0 aliphatic carbocycles. The molecule has 2 aliphatic rings. The molecular weight excluding hydrogens is 430 g/mol. The van der Waals surface area contributed by atoms with E-state index in [9.17, 15) is 0 Å². The van der Waals surface area contributed by atoms with Crippen LogP contribution < -0.4 is 0 Å². The molecule has 0 unspecified atom stereocenters. The number of hydrogen-bond donors (Lipinski definition) is 0. The summed E-state index contributed by atoms with van der Waals surface area (Å²) in [6, 6.07) is 0. The molecule has 6 heteroatoms. The summed E-state index contributed by atoms with van der Waals surface area (Å²) in [7, 11) is -0.979. The van der Waals surface area contributed by atoms with Gasteiger partial charge in [0.1, 0.15) is 0 Å². The van der Waals surface area contributed by atoms with E-state index in [1.54, 1.807) is 0 Å². The Labute approximate surface area is 204 Å². The molecule has 2 saturated heterocycles. The van der Waals surface area contributed by atoms with Crippen LogP contribution in [-0.4, -0.2) is 67.0 Å². The summed E-state index contributed by atoms with van der Waals surface area (Å²) in [5.41, 5.74) is 0.920. The Hall–Kier alpha value is 0.700. The van der Waals surface area contributed by atoms with Crippen molar-refractivity contribution in [1.29, 1.82) is 0 Å². The standard InChI is InChI=1S/C26H56N4P2/c1-13-27(14-2)31(29-23(5,6)19-17-20-24(29,7)8)32(28(15-3)16-4)30-25(9,10)21-18-22-26(30,11)12/h13-22H2,1-12H3/t31-,32+. The Bertz CT molecular complexity index is 513. The van der Waals surface area contributed by atoms with Crippen molar-refractivity contribution >= 4 is 15.8 Å². The van der Waals surface area contributed by atoms with E-state index in [1.807, 2.05) is 0 Å². The monoisotopic (exact) mass is 486 g/mol. The largest absolute Gasteiger partial charge is 0.265 e. The molecule has 0 aromatic heterocycles. The molecule has 0 aromatic rings. The summed E-state index contributed by atoms with van der Waals surface area (Å²) >= 11 is 0. The highest BCUT2D eigenvalue weighted by Crippen LogP contribution is 2.81. The molecule has 0 radical (unpaired) electrons. The van der Waals surface area contributed by atoms with Gasteiger partial charge in [-0.1, -0.05) is 27.7 Å². The van der Waals surface area contributed by atoms with Crippen LogP contribution in [0.4, 0.5) is 0 Å². The molecule has 0 saturated carbocycles. The van der Waals surface area contributed by atoms with Crippen molar-refractivity contribution in [2.45, 2.75) is 144 Å². The molecule has 0 N–H and O–H groups in total. The fourth-order valence-corrected chi connectivity index (χ4v) is 17.9. The summed E-state index contributed by atoms with van der Waals surface area (Å²) in [4.78, 5) is 0. The summed E-state index contributed by atoms with van der Waals surface area (Å²) in [6.45, 7) is 34.4. The Morgan fingerprint density at radius 2 is 0.719 bits per heavy atom. The molecule has 0 bridgehead atoms. The molecule has 2 rings (SSSR count).